The van der Waals surface area contributed by atoms with Crippen LogP contribution in [0.1, 0.15) is 28.8 Å². The molecule has 0 spiro atoms. The Morgan fingerprint density at radius 3 is 2.88 bits per heavy atom. The Bertz CT molecular complexity index is 889. The van der Waals surface area contributed by atoms with Gasteiger partial charge in [-0.05, 0) is 24.3 Å². The molecule has 0 saturated carbocycles. The van der Waals surface area contributed by atoms with Crippen LogP contribution in [0.25, 0.3) is 0 Å². The number of ether oxygens (including phenoxy) is 1. The Morgan fingerprint density at radius 2 is 1.96 bits per heavy atom. The van der Waals surface area contributed by atoms with Crippen molar-refractivity contribution in [3.63, 3.8) is 0 Å². The summed E-state index contributed by atoms with van der Waals surface area (Å²) in [5.41, 5.74) is 3.27. The minimum atomic E-state index is -0.327. The fraction of sp³-hybridized carbons (Fsp3) is 0.211. The zero-order valence-electron chi connectivity index (χ0n) is 13.5. The number of hydrogen-bond acceptors (Lipinski definition) is 4. The number of nitrogens with zero attached hydrogens (tertiary/aromatic N) is 1. The van der Waals surface area contributed by atoms with Gasteiger partial charge in [-0.15, -0.1) is 0 Å². The van der Waals surface area contributed by atoms with Crippen LogP contribution in [0.15, 0.2) is 47.5 Å². The molecule has 6 nitrogen and oxygen atoms in total. The number of carbonyl (C=O) groups excluding carboxylic acids is 2. The fourth-order valence-corrected chi connectivity index (χ4v) is 3.06. The predicted molar refractivity (Wildman–Crippen MR) is 95.6 cm³/mol. The van der Waals surface area contributed by atoms with E-state index in [9.17, 15) is 9.59 Å². The third kappa shape index (κ3) is 2.98. The lowest BCUT2D eigenvalue weighted by molar-refractivity contribution is -0.115. The number of carbonyl (C=O) groups is 2. The molecule has 0 aromatic heterocycles. The summed E-state index contributed by atoms with van der Waals surface area (Å²) < 4.78 is 5.61. The molecule has 2 N–H and O–H groups in total. The summed E-state index contributed by atoms with van der Waals surface area (Å²) in [5, 5.41) is 5.98. The maximum Gasteiger partial charge on any atom is 0.279 e. The zero-order chi connectivity index (χ0) is 17.2. The lowest BCUT2D eigenvalue weighted by Gasteiger charge is -2.19. The van der Waals surface area contributed by atoms with Gasteiger partial charge in [0.25, 0.3) is 5.91 Å². The second kappa shape index (κ2) is 6.39. The van der Waals surface area contributed by atoms with Gasteiger partial charge in [0.15, 0.2) is 0 Å². The molecule has 4 rings (SSSR count). The van der Waals surface area contributed by atoms with Crippen molar-refractivity contribution >= 4 is 28.9 Å². The minimum absolute atomic E-state index is 0.0690. The van der Waals surface area contributed by atoms with E-state index in [0.29, 0.717) is 42.9 Å². The average Bonchev–Trinajstić information content (AvgIpc) is 2.82. The molecular formula is C19H17N3O3. The van der Waals surface area contributed by atoms with E-state index in [-0.39, 0.29) is 11.8 Å². The molecule has 126 valence electrons. The van der Waals surface area contributed by atoms with Crippen molar-refractivity contribution in [2.45, 2.75) is 12.8 Å². The minimum Gasteiger partial charge on any atom is -0.492 e. The van der Waals surface area contributed by atoms with Gasteiger partial charge in [0, 0.05) is 24.9 Å². The fourth-order valence-electron chi connectivity index (χ4n) is 3.06. The standard InChI is InChI=1S/C19H17N3O3/c23-17-8-10-20-18-13(5-3-6-15(18)21-17)19(24)22-14-9-11-25-16-7-2-1-4-12(14)16/h1-7,20H,8-11H2,(H,21,23). The van der Waals surface area contributed by atoms with Crippen molar-refractivity contribution in [1.82, 2.24) is 0 Å². The SMILES string of the molecule is O=C1CCNc2c(cccc2C(=O)N=C2CCOc3ccccc32)N1. The Hall–Kier alpha value is -3.15. The molecule has 0 unspecified atom stereocenters. The molecule has 0 fully saturated rings. The van der Waals surface area contributed by atoms with E-state index in [0.717, 1.165) is 17.0 Å². The highest BCUT2D eigenvalue weighted by atomic mass is 16.5. The first-order chi connectivity index (χ1) is 12.2. The normalized spacial score (nSPS) is 17.4. The lowest BCUT2D eigenvalue weighted by Crippen LogP contribution is -2.18. The first kappa shape index (κ1) is 15.4. The van der Waals surface area contributed by atoms with E-state index < -0.39 is 0 Å². The Labute approximate surface area is 144 Å². The van der Waals surface area contributed by atoms with Gasteiger partial charge in [0.2, 0.25) is 5.91 Å². The van der Waals surface area contributed by atoms with Crippen LogP contribution in [-0.2, 0) is 4.79 Å². The Balaban J connectivity index is 1.72. The quantitative estimate of drug-likeness (QED) is 0.840. The second-order valence-electron chi connectivity index (χ2n) is 5.91. The maximum atomic E-state index is 12.8. The summed E-state index contributed by atoms with van der Waals surface area (Å²) in [6, 6.07) is 12.8. The number of benzene rings is 2. The number of hydrogen-bond donors (Lipinski definition) is 2. The van der Waals surface area contributed by atoms with E-state index in [2.05, 4.69) is 15.6 Å². The van der Waals surface area contributed by atoms with Gasteiger partial charge in [-0.3, -0.25) is 9.59 Å². The number of nitrogens with one attached hydrogen (secondary N) is 2. The smallest absolute Gasteiger partial charge is 0.279 e. The van der Waals surface area contributed by atoms with Gasteiger partial charge in [0.05, 0.1) is 29.3 Å². The molecule has 2 heterocycles. The van der Waals surface area contributed by atoms with Crippen LogP contribution in [0.5, 0.6) is 5.75 Å². The molecule has 6 heteroatoms. The third-order valence-corrected chi connectivity index (χ3v) is 4.25. The van der Waals surface area contributed by atoms with Crippen LogP contribution in [0, 0.1) is 0 Å². The molecule has 2 amide bonds. The zero-order valence-corrected chi connectivity index (χ0v) is 13.5. The molecule has 0 radical (unpaired) electrons. The number of anilines is 2. The average molecular weight is 335 g/mol. The number of amides is 2. The van der Waals surface area contributed by atoms with Crippen molar-refractivity contribution in [2.75, 3.05) is 23.8 Å². The highest BCUT2D eigenvalue weighted by molar-refractivity contribution is 6.14. The summed E-state index contributed by atoms with van der Waals surface area (Å²) in [4.78, 5) is 28.9. The number of para-hydroxylation sites is 2. The van der Waals surface area contributed by atoms with Crippen LogP contribution < -0.4 is 15.4 Å². The van der Waals surface area contributed by atoms with Crippen molar-refractivity contribution in [3.8, 4) is 5.75 Å². The molecule has 2 aromatic carbocycles. The summed E-state index contributed by atoms with van der Waals surface area (Å²) >= 11 is 0. The maximum absolute atomic E-state index is 12.8. The second-order valence-corrected chi connectivity index (χ2v) is 5.91. The van der Waals surface area contributed by atoms with Crippen LogP contribution >= 0.6 is 0 Å². The van der Waals surface area contributed by atoms with Gasteiger partial charge in [-0.2, -0.15) is 0 Å². The lowest BCUT2D eigenvalue weighted by atomic mass is 10.0. The van der Waals surface area contributed by atoms with Crippen LogP contribution in [0.2, 0.25) is 0 Å². The van der Waals surface area contributed by atoms with Crippen LogP contribution in [-0.4, -0.2) is 30.7 Å². The summed E-state index contributed by atoms with van der Waals surface area (Å²) in [5.74, 6) is 0.352. The van der Waals surface area contributed by atoms with Gasteiger partial charge in [0.1, 0.15) is 5.75 Å². The molecule has 0 bridgehead atoms. The number of rotatable bonds is 1. The first-order valence-electron chi connectivity index (χ1n) is 8.23. The van der Waals surface area contributed by atoms with E-state index >= 15 is 0 Å². The van der Waals surface area contributed by atoms with Crippen molar-refractivity contribution in [1.29, 1.82) is 0 Å². The Morgan fingerprint density at radius 1 is 1.08 bits per heavy atom. The van der Waals surface area contributed by atoms with E-state index in [1.54, 1.807) is 18.2 Å². The number of fused-ring (bicyclic) bond motifs is 2. The van der Waals surface area contributed by atoms with Gasteiger partial charge >= 0.3 is 0 Å². The summed E-state index contributed by atoms with van der Waals surface area (Å²) in [7, 11) is 0. The molecule has 0 saturated heterocycles. The van der Waals surface area contributed by atoms with E-state index in [1.165, 1.54) is 0 Å². The highest BCUT2D eigenvalue weighted by Gasteiger charge is 2.21. The first-order valence-corrected chi connectivity index (χ1v) is 8.23. The summed E-state index contributed by atoms with van der Waals surface area (Å²) in [6.45, 7) is 0.987. The van der Waals surface area contributed by atoms with Crippen molar-refractivity contribution < 1.29 is 14.3 Å². The van der Waals surface area contributed by atoms with Crippen LogP contribution in [0.4, 0.5) is 11.4 Å². The highest BCUT2D eigenvalue weighted by Crippen LogP contribution is 2.30. The molecule has 2 aromatic rings. The summed E-state index contributed by atoms with van der Waals surface area (Å²) in [6.07, 6.45) is 0.948. The molecule has 2 aliphatic heterocycles. The topological polar surface area (TPSA) is 79.8 Å². The van der Waals surface area contributed by atoms with Gasteiger partial charge in [-0.1, -0.05) is 18.2 Å². The Kier molecular flexibility index (Phi) is 3.93. The molecule has 0 atom stereocenters. The van der Waals surface area contributed by atoms with Crippen LogP contribution in [0.3, 0.4) is 0 Å². The van der Waals surface area contributed by atoms with E-state index in [4.69, 9.17) is 4.74 Å². The third-order valence-electron chi connectivity index (χ3n) is 4.25. The largest absolute Gasteiger partial charge is 0.492 e. The van der Waals surface area contributed by atoms with Crippen molar-refractivity contribution in [3.05, 3.63) is 53.6 Å². The molecule has 2 aliphatic rings. The van der Waals surface area contributed by atoms with Crippen molar-refractivity contribution in [2.24, 2.45) is 4.99 Å². The molecule has 25 heavy (non-hydrogen) atoms. The molecule has 0 aliphatic carbocycles. The number of aliphatic imine (C=N–C) groups is 1. The van der Waals surface area contributed by atoms with E-state index in [1.807, 2.05) is 24.3 Å². The predicted octanol–water partition coefficient (Wildman–Crippen LogP) is 2.85. The monoisotopic (exact) mass is 335 g/mol. The van der Waals surface area contributed by atoms with Gasteiger partial charge in [-0.25, -0.2) is 4.99 Å². The van der Waals surface area contributed by atoms with Gasteiger partial charge < -0.3 is 15.4 Å². The molecular weight excluding hydrogens is 318 g/mol.